The minimum atomic E-state index is -1.10. The summed E-state index contributed by atoms with van der Waals surface area (Å²) in [4.78, 5) is 6.79. The standard InChI is InChI=1S/C22H25FN2OS/c1-15-5-4-6-17(11-15)19(16-7-9-18(23)10-8-16)22(26)14-27-20-24-12-21(2,3)13-25(20)22/h4-11,19,26H,12-14H2,1-3H3. The second-order valence-electron chi connectivity index (χ2n) is 8.42. The lowest BCUT2D eigenvalue weighted by Crippen LogP contribution is -2.56. The number of hydrogen-bond donors (Lipinski definition) is 1. The molecular formula is C22H25FN2OS. The van der Waals surface area contributed by atoms with E-state index in [-0.39, 0.29) is 17.2 Å². The Labute approximate surface area is 164 Å². The number of aryl methyl sites for hydroxylation is 1. The van der Waals surface area contributed by atoms with Crippen LogP contribution in [0.15, 0.2) is 53.5 Å². The highest BCUT2D eigenvalue weighted by Gasteiger charge is 2.52. The third-order valence-electron chi connectivity index (χ3n) is 5.38. The number of aliphatic hydroxyl groups is 1. The molecule has 27 heavy (non-hydrogen) atoms. The van der Waals surface area contributed by atoms with E-state index < -0.39 is 5.72 Å². The molecule has 1 saturated heterocycles. The maximum Gasteiger partial charge on any atom is 0.161 e. The summed E-state index contributed by atoms with van der Waals surface area (Å²) in [7, 11) is 0. The minimum absolute atomic E-state index is 0.00231. The molecule has 0 bridgehead atoms. The molecule has 0 saturated carbocycles. The van der Waals surface area contributed by atoms with Crippen LogP contribution in [0.4, 0.5) is 4.39 Å². The van der Waals surface area contributed by atoms with Crippen LogP contribution < -0.4 is 0 Å². The van der Waals surface area contributed by atoms with Gasteiger partial charge in [0.2, 0.25) is 0 Å². The van der Waals surface area contributed by atoms with E-state index in [9.17, 15) is 9.50 Å². The number of thioether (sulfide) groups is 1. The van der Waals surface area contributed by atoms with Gasteiger partial charge in [0.25, 0.3) is 0 Å². The van der Waals surface area contributed by atoms with Gasteiger partial charge in [-0.1, -0.05) is 67.6 Å². The highest BCUT2D eigenvalue weighted by molar-refractivity contribution is 8.14. The van der Waals surface area contributed by atoms with Gasteiger partial charge in [0.15, 0.2) is 10.9 Å². The second kappa shape index (κ2) is 6.64. The molecule has 5 heteroatoms. The van der Waals surface area contributed by atoms with Crippen LogP contribution in [0.5, 0.6) is 0 Å². The Bertz CT molecular complexity index is 880. The van der Waals surface area contributed by atoms with Crippen molar-refractivity contribution in [2.75, 3.05) is 18.8 Å². The van der Waals surface area contributed by atoms with Crippen LogP contribution in [0, 0.1) is 18.2 Å². The summed E-state index contributed by atoms with van der Waals surface area (Å²) in [6.07, 6.45) is 0. The average Bonchev–Trinajstić information content (AvgIpc) is 2.93. The maximum absolute atomic E-state index is 13.6. The molecule has 1 fully saturated rings. The van der Waals surface area contributed by atoms with Crippen molar-refractivity contribution in [3.8, 4) is 0 Å². The number of amidine groups is 1. The summed E-state index contributed by atoms with van der Waals surface area (Å²) in [5, 5.41) is 12.9. The van der Waals surface area contributed by atoms with Gasteiger partial charge in [0, 0.05) is 24.3 Å². The third kappa shape index (κ3) is 3.39. The summed E-state index contributed by atoms with van der Waals surface area (Å²) >= 11 is 1.61. The van der Waals surface area contributed by atoms with Crippen LogP contribution in [0.1, 0.15) is 36.5 Å². The molecule has 2 aliphatic heterocycles. The molecule has 2 aromatic rings. The fraction of sp³-hybridized carbons (Fsp3) is 0.409. The Morgan fingerprint density at radius 3 is 2.59 bits per heavy atom. The zero-order valence-corrected chi connectivity index (χ0v) is 16.8. The molecule has 0 radical (unpaired) electrons. The number of hydrogen-bond acceptors (Lipinski definition) is 4. The molecular weight excluding hydrogens is 359 g/mol. The summed E-state index contributed by atoms with van der Waals surface area (Å²) in [6, 6.07) is 14.7. The predicted molar refractivity (Wildman–Crippen MR) is 110 cm³/mol. The van der Waals surface area contributed by atoms with Gasteiger partial charge < -0.3 is 10.0 Å². The van der Waals surface area contributed by atoms with Gasteiger partial charge in [-0.05, 0) is 30.2 Å². The van der Waals surface area contributed by atoms with Crippen LogP contribution in [0.2, 0.25) is 0 Å². The molecule has 2 atom stereocenters. The van der Waals surface area contributed by atoms with Crippen molar-refractivity contribution in [1.29, 1.82) is 0 Å². The van der Waals surface area contributed by atoms with Crippen molar-refractivity contribution < 1.29 is 9.50 Å². The molecule has 2 aromatic carbocycles. The monoisotopic (exact) mass is 384 g/mol. The fourth-order valence-electron chi connectivity index (χ4n) is 4.06. The molecule has 0 aliphatic carbocycles. The van der Waals surface area contributed by atoms with Gasteiger partial charge in [-0.3, -0.25) is 4.99 Å². The summed E-state index contributed by atoms with van der Waals surface area (Å²) in [5.74, 6) is -0.0132. The summed E-state index contributed by atoms with van der Waals surface area (Å²) in [6.45, 7) is 7.93. The number of benzene rings is 2. The maximum atomic E-state index is 13.6. The zero-order valence-electron chi connectivity index (χ0n) is 15.9. The number of rotatable bonds is 3. The normalized spacial score (nSPS) is 25.1. The highest BCUT2D eigenvalue weighted by atomic mass is 32.2. The van der Waals surface area contributed by atoms with Gasteiger partial charge in [-0.2, -0.15) is 0 Å². The molecule has 0 amide bonds. The van der Waals surface area contributed by atoms with Crippen molar-refractivity contribution in [3.05, 3.63) is 71.0 Å². The van der Waals surface area contributed by atoms with Crippen molar-refractivity contribution >= 4 is 16.9 Å². The van der Waals surface area contributed by atoms with Gasteiger partial charge in [0.05, 0.1) is 5.92 Å². The van der Waals surface area contributed by atoms with Crippen LogP contribution in [0.25, 0.3) is 0 Å². The van der Waals surface area contributed by atoms with Crippen LogP contribution in [0.3, 0.4) is 0 Å². The van der Waals surface area contributed by atoms with Gasteiger partial charge >= 0.3 is 0 Å². The second-order valence-corrected chi connectivity index (χ2v) is 9.36. The molecule has 2 aliphatic rings. The predicted octanol–water partition coefficient (Wildman–Crippen LogP) is 4.40. The smallest absolute Gasteiger partial charge is 0.161 e. The summed E-state index contributed by atoms with van der Waals surface area (Å²) < 4.78 is 13.6. The van der Waals surface area contributed by atoms with E-state index in [0.717, 1.165) is 34.9 Å². The highest BCUT2D eigenvalue weighted by Crippen LogP contribution is 2.47. The van der Waals surface area contributed by atoms with Crippen LogP contribution in [-0.4, -0.2) is 39.7 Å². The lowest BCUT2D eigenvalue weighted by Gasteiger charge is -2.45. The van der Waals surface area contributed by atoms with Crippen molar-refractivity contribution in [1.82, 2.24) is 4.90 Å². The Hall–Kier alpha value is -1.85. The topological polar surface area (TPSA) is 35.8 Å². The Morgan fingerprint density at radius 2 is 1.89 bits per heavy atom. The SMILES string of the molecule is Cc1cccc(C(c2ccc(F)cc2)C2(O)CSC3=NCC(C)(C)CN32)c1. The van der Waals surface area contributed by atoms with E-state index in [1.54, 1.807) is 23.9 Å². The number of fused-ring (bicyclic) bond motifs is 1. The molecule has 0 spiro atoms. The molecule has 1 N–H and O–H groups in total. The van der Waals surface area contributed by atoms with Gasteiger partial charge in [0.1, 0.15) is 5.82 Å². The van der Waals surface area contributed by atoms with E-state index >= 15 is 0 Å². The van der Waals surface area contributed by atoms with Crippen molar-refractivity contribution in [2.45, 2.75) is 32.4 Å². The first kappa shape index (κ1) is 18.5. The number of aliphatic imine (C=N–C) groups is 1. The first-order valence-corrected chi connectivity index (χ1v) is 10.3. The van der Waals surface area contributed by atoms with Crippen LogP contribution >= 0.6 is 11.8 Å². The van der Waals surface area contributed by atoms with E-state index in [4.69, 9.17) is 4.99 Å². The van der Waals surface area contributed by atoms with E-state index in [1.165, 1.54) is 12.1 Å². The van der Waals surface area contributed by atoms with E-state index in [2.05, 4.69) is 37.8 Å². The molecule has 4 rings (SSSR count). The summed E-state index contributed by atoms with van der Waals surface area (Å²) in [5.41, 5.74) is 1.99. The van der Waals surface area contributed by atoms with Crippen molar-refractivity contribution in [3.63, 3.8) is 0 Å². The quantitative estimate of drug-likeness (QED) is 0.852. The largest absolute Gasteiger partial charge is 0.369 e. The lowest BCUT2D eigenvalue weighted by atomic mass is 9.80. The molecule has 3 nitrogen and oxygen atoms in total. The average molecular weight is 385 g/mol. The van der Waals surface area contributed by atoms with Crippen LogP contribution in [-0.2, 0) is 0 Å². The minimum Gasteiger partial charge on any atom is -0.369 e. The first-order valence-electron chi connectivity index (χ1n) is 9.28. The molecule has 142 valence electrons. The first-order chi connectivity index (χ1) is 12.8. The number of halogens is 1. The van der Waals surface area contributed by atoms with Crippen molar-refractivity contribution in [2.24, 2.45) is 10.4 Å². The Kier molecular flexibility index (Phi) is 4.55. The third-order valence-corrected chi connectivity index (χ3v) is 6.56. The van der Waals surface area contributed by atoms with Gasteiger partial charge in [-0.15, -0.1) is 0 Å². The van der Waals surface area contributed by atoms with E-state index in [0.29, 0.717) is 5.75 Å². The Balaban J connectivity index is 1.84. The lowest BCUT2D eigenvalue weighted by molar-refractivity contribution is -0.0703. The number of nitrogens with zero attached hydrogens (tertiary/aromatic N) is 2. The molecule has 0 aromatic heterocycles. The molecule has 2 heterocycles. The zero-order chi connectivity index (χ0) is 19.2. The van der Waals surface area contributed by atoms with Gasteiger partial charge in [-0.25, -0.2) is 4.39 Å². The Morgan fingerprint density at radius 1 is 1.15 bits per heavy atom. The molecule has 2 unspecified atom stereocenters. The fourth-order valence-corrected chi connectivity index (χ4v) is 5.26. The van der Waals surface area contributed by atoms with E-state index in [1.807, 2.05) is 12.1 Å².